The summed E-state index contributed by atoms with van der Waals surface area (Å²) in [5.41, 5.74) is 11.6. The van der Waals surface area contributed by atoms with E-state index in [4.69, 9.17) is 16.2 Å². The minimum absolute atomic E-state index is 0.266. The number of primary amides is 1. The van der Waals surface area contributed by atoms with Gasteiger partial charge in [0.2, 0.25) is 5.78 Å². The van der Waals surface area contributed by atoms with E-state index >= 15 is 0 Å². The van der Waals surface area contributed by atoms with Gasteiger partial charge in [-0.3, -0.25) is 19.3 Å². The van der Waals surface area contributed by atoms with Gasteiger partial charge in [-0.2, -0.15) is 0 Å². The summed E-state index contributed by atoms with van der Waals surface area (Å²) in [7, 11) is 0. The molecule has 2 unspecified atom stereocenters. The smallest absolute Gasteiger partial charge is 0.405 e. The molecule has 4 N–H and O–H groups in total. The van der Waals surface area contributed by atoms with Gasteiger partial charge in [-0.15, -0.1) is 0 Å². The number of Topliss-reactive ketones (excluding diaryl/α,β-unsaturated/α-hetero) is 1. The molecule has 26 heavy (non-hydrogen) atoms. The lowest BCUT2D eigenvalue weighted by Crippen LogP contribution is -2.47. The van der Waals surface area contributed by atoms with Crippen molar-refractivity contribution in [3.05, 3.63) is 42.0 Å². The van der Waals surface area contributed by atoms with Crippen LogP contribution in [-0.4, -0.2) is 34.6 Å². The third-order valence-electron chi connectivity index (χ3n) is 4.05. The molecule has 0 saturated heterocycles. The average Bonchev–Trinajstić information content (AvgIpc) is 2.93. The SMILES string of the molecule is CCCCC(C(=O)C(OC(N)=O)c1ccc(N)cc1)N1C(=O)C=CC1=O. The number of amides is 3. The van der Waals surface area contributed by atoms with Crippen LogP contribution in [0.1, 0.15) is 37.9 Å². The van der Waals surface area contributed by atoms with Gasteiger partial charge in [0.15, 0.2) is 6.10 Å². The molecule has 1 aliphatic rings. The van der Waals surface area contributed by atoms with Crippen molar-refractivity contribution < 1.29 is 23.9 Å². The Kier molecular flexibility index (Phi) is 6.11. The quantitative estimate of drug-likeness (QED) is 0.533. The molecule has 1 aromatic rings. The molecule has 0 spiro atoms. The van der Waals surface area contributed by atoms with Gasteiger partial charge in [0.1, 0.15) is 6.04 Å². The minimum Gasteiger partial charge on any atom is -0.433 e. The summed E-state index contributed by atoms with van der Waals surface area (Å²) in [5, 5.41) is 0. The first-order valence-electron chi connectivity index (χ1n) is 8.25. The van der Waals surface area contributed by atoms with Crippen LogP contribution in [0.25, 0.3) is 0 Å². The van der Waals surface area contributed by atoms with Crippen LogP contribution < -0.4 is 11.5 Å². The van der Waals surface area contributed by atoms with Crippen LogP contribution in [0.15, 0.2) is 36.4 Å². The summed E-state index contributed by atoms with van der Waals surface area (Å²) >= 11 is 0. The zero-order chi connectivity index (χ0) is 19.3. The number of nitrogens with zero attached hydrogens (tertiary/aromatic N) is 1. The predicted octanol–water partition coefficient (Wildman–Crippen LogP) is 1.46. The average molecular weight is 359 g/mol. The van der Waals surface area contributed by atoms with Gasteiger partial charge in [0.25, 0.3) is 11.8 Å². The first-order chi connectivity index (χ1) is 12.3. The van der Waals surface area contributed by atoms with Crippen molar-refractivity contribution in [2.75, 3.05) is 5.73 Å². The largest absolute Gasteiger partial charge is 0.433 e. The molecular weight excluding hydrogens is 338 g/mol. The van der Waals surface area contributed by atoms with Crippen LogP contribution in [-0.2, 0) is 19.1 Å². The molecule has 1 aliphatic heterocycles. The summed E-state index contributed by atoms with van der Waals surface area (Å²) < 4.78 is 5.01. The van der Waals surface area contributed by atoms with Crippen LogP contribution >= 0.6 is 0 Å². The molecule has 1 heterocycles. The zero-order valence-corrected chi connectivity index (χ0v) is 14.4. The van der Waals surface area contributed by atoms with Gasteiger partial charge in [-0.05, 0) is 18.6 Å². The lowest BCUT2D eigenvalue weighted by molar-refractivity contribution is -0.147. The van der Waals surface area contributed by atoms with E-state index in [1.165, 1.54) is 12.1 Å². The van der Waals surface area contributed by atoms with Gasteiger partial charge in [0.05, 0.1) is 0 Å². The number of anilines is 1. The summed E-state index contributed by atoms with van der Waals surface area (Å²) in [6.45, 7) is 1.92. The molecule has 0 aromatic heterocycles. The summed E-state index contributed by atoms with van der Waals surface area (Å²) in [5.74, 6) is -1.73. The topological polar surface area (TPSA) is 133 Å². The Bertz CT molecular complexity index is 724. The molecular formula is C18H21N3O5. The first-order valence-corrected chi connectivity index (χ1v) is 8.25. The Morgan fingerprint density at radius 3 is 2.19 bits per heavy atom. The molecule has 0 radical (unpaired) electrons. The molecule has 8 nitrogen and oxygen atoms in total. The van der Waals surface area contributed by atoms with Gasteiger partial charge < -0.3 is 16.2 Å². The van der Waals surface area contributed by atoms with Crippen molar-refractivity contribution in [3.8, 4) is 0 Å². The fourth-order valence-corrected chi connectivity index (χ4v) is 2.77. The van der Waals surface area contributed by atoms with E-state index in [9.17, 15) is 19.2 Å². The highest BCUT2D eigenvalue weighted by molar-refractivity contribution is 6.15. The molecule has 0 saturated carbocycles. The number of hydrogen-bond donors (Lipinski definition) is 2. The zero-order valence-electron chi connectivity index (χ0n) is 14.4. The fourth-order valence-electron chi connectivity index (χ4n) is 2.77. The van der Waals surface area contributed by atoms with E-state index in [0.717, 1.165) is 23.5 Å². The van der Waals surface area contributed by atoms with Crippen LogP contribution in [0.5, 0.6) is 0 Å². The van der Waals surface area contributed by atoms with Crippen molar-refractivity contribution in [1.82, 2.24) is 4.90 Å². The Hall–Kier alpha value is -3.16. The summed E-state index contributed by atoms with van der Waals surface area (Å²) in [6.07, 6.45) is 1.39. The highest BCUT2D eigenvalue weighted by atomic mass is 16.6. The first kappa shape index (κ1) is 19.2. The lowest BCUT2D eigenvalue weighted by Gasteiger charge is -2.28. The van der Waals surface area contributed by atoms with Gasteiger partial charge >= 0.3 is 6.09 Å². The number of benzene rings is 1. The second-order valence-electron chi connectivity index (χ2n) is 5.92. The number of ketones is 1. The molecule has 3 amide bonds. The Morgan fingerprint density at radius 1 is 1.12 bits per heavy atom. The Balaban J connectivity index is 2.37. The van der Waals surface area contributed by atoms with E-state index < -0.39 is 35.8 Å². The highest BCUT2D eigenvalue weighted by Gasteiger charge is 2.40. The molecule has 8 heteroatoms. The summed E-state index contributed by atoms with van der Waals surface area (Å²) in [4.78, 5) is 49.4. The number of carbonyl (C=O) groups excluding carboxylic acids is 4. The van der Waals surface area contributed by atoms with Crippen LogP contribution in [0.3, 0.4) is 0 Å². The number of hydrogen-bond acceptors (Lipinski definition) is 6. The fraction of sp³-hybridized carbons (Fsp3) is 0.333. The number of unbranched alkanes of at least 4 members (excludes halogenated alkanes) is 1. The van der Waals surface area contributed by atoms with Crippen LogP contribution in [0.4, 0.5) is 10.5 Å². The standard InChI is InChI=1S/C18H21N3O5/c1-2-3-4-13(21-14(22)9-10-15(21)23)16(24)17(26-18(20)25)11-5-7-12(19)8-6-11/h5-10,13,17H,2-4,19H2,1H3,(H2,20,25). The number of carbonyl (C=O) groups is 4. The molecule has 138 valence electrons. The van der Waals surface area contributed by atoms with Crippen LogP contribution in [0, 0.1) is 0 Å². The van der Waals surface area contributed by atoms with Crippen molar-refractivity contribution in [2.24, 2.45) is 5.73 Å². The maximum Gasteiger partial charge on any atom is 0.405 e. The normalized spacial score (nSPS) is 15.8. The van der Waals surface area contributed by atoms with E-state index in [1.54, 1.807) is 12.1 Å². The van der Waals surface area contributed by atoms with Crippen molar-refractivity contribution in [3.63, 3.8) is 0 Å². The molecule has 1 aromatic carbocycles. The van der Waals surface area contributed by atoms with Crippen molar-refractivity contribution >= 4 is 29.4 Å². The monoisotopic (exact) mass is 359 g/mol. The van der Waals surface area contributed by atoms with Gasteiger partial charge in [-0.1, -0.05) is 31.9 Å². The maximum absolute atomic E-state index is 13.1. The van der Waals surface area contributed by atoms with Gasteiger partial charge in [0, 0.05) is 23.4 Å². The van der Waals surface area contributed by atoms with Gasteiger partial charge in [-0.25, -0.2) is 4.79 Å². The number of rotatable bonds is 8. The van der Waals surface area contributed by atoms with Crippen molar-refractivity contribution in [1.29, 1.82) is 0 Å². The third kappa shape index (κ3) is 4.27. The molecule has 0 fully saturated rings. The molecule has 0 aliphatic carbocycles. The second kappa shape index (κ2) is 8.28. The van der Waals surface area contributed by atoms with E-state index in [-0.39, 0.29) is 6.42 Å². The lowest BCUT2D eigenvalue weighted by atomic mass is 9.95. The number of nitrogens with two attached hydrogens (primary N) is 2. The van der Waals surface area contributed by atoms with E-state index in [2.05, 4.69) is 0 Å². The molecule has 2 atom stereocenters. The highest BCUT2D eigenvalue weighted by Crippen LogP contribution is 2.26. The second-order valence-corrected chi connectivity index (χ2v) is 5.92. The Labute approximate surface area is 150 Å². The van der Waals surface area contributed by atoms with E-state index in [1.807, 2.05) is 6.92 Å². The maximum atomic E-state index is 13.1. The molecule has 2 rings (SSSR count). The minimum atomic E-state index is -1.34. The molecule has 0 bridgehead atoms. The number of nitrogen functional groups attached to an aromatic ring is 1. The predicted molar refractivity (Wildman–Crippen MR) is 93.6 cm³/mol. The van der Waals surface area contributed by atoms with Crippen LogP contribution in [0.2, 0.25) is 0 Å². The van der Waals surface area contributed by atoms with Crippen molar-refractivity contribution in [2.45, 2.75) is 38.3 Å². The number of ether oxygens (including phenoxy) is 1. The van der Waals surface area contributed by atoms with E-state index in [0.29, 0.717) is 17.7 Å². The number of imide groups is 1. The third-order valence-corrected chi connectivity index (χ3v) is 4.05. The Morgan fingerprint density at radius 2 is 1.69 bits per heavy atom. The summed E-state index contributed by atoms with van der Waals surface area (Å²) in [6, 6.07) is 5.11.